The van der Waals surface area contributed by atoms with E-state index < -0.39 is 11.6 Å². The van der Waals surface area contributed by atoms with Crippen molar-refractivity contribution in [2.75, 3.05) is 19.6 Å². The van der Waals surface area contributed by atoms with Gasteiger partial charge in [0, 0.05) is 43.3 Å². The number of hydrogen-bond donors (Lipinski definition) is 1. The number of piperazine rings is 1. The normalized spacial score (nSPS) is 19.4. The van der Waals surface area contributed by atoms with Gasteiger partial charge in [0.05, 0.1) is 12.0 Å². The molecular formula is C27H30F2N4O. The SMILES string of the molecule is O=C(c1ncn(C2CCCCC2)c1-c1ccccc1)N1CCNC[C@H]1Cc1cc(F)cc(F)c1. The van der Waals surface area contributed by atoms with Gasteiger partial charge in [-0.25, -0.2) is 13.8 Å². The highest BCUT2D eigenvalue weighted by atomic mass is 19.1. The van der Waals surface area contributed by atoms with Gasteiger partial charge in [0.15, 0.2) is 5.69 Å². The van der Waals surface area contributed by atoms with E-state index in [1.807, 2.05) is 41.6 Å². The molecule has 0 spiro atoms. The third kappa shape index (κ3) is 4.75. The van der Waals surface area contributed by atoms with Crippen LogP contribution >= 0.6 is 0 Å². The first-order valence-electron chi connectivity index (χ1n) is 12.2. The van der Waals surface area contributed by atoms with Gasteiger partial charge in [0.2, 0.25) is 0 Å². The highest BCUT2D eigenvalue weighted by Crippen LogP contribution is 2.34. The molecule has 2 fully saturated rings. The van der Waals surface area contributed by atoms with Crippen molar-refractivity contribution in [1.82, 2.24) is 19.8 Å². The number of benzene rings is 2. The van der Waals surface area contributed by atoms with Crippen LogP contribution < -0.4 is 5.32 Å². The Bertz CT molecular complexity index is 1120. The van der Waals surface area contributed by atoms with Gasteiger partial charge in [-0.1, -0.05) is 49.6 Å². The highest BCUT2D eigenvalue weighted by molar-refractivity contribution is 5.98. The molecule has 0 radical (unpaired) electrons. The van der Waals surface area contributed by atoms with Crippen molar-refractivity contribution in [2.24, 2.45) is 0 Å². The first-order valence-corrected chi connectivity index (χ1v) is 12.2. The lowest BCUT2D eigenvalue weighted by Gasteiger charge is -2.36. The van der Waals surface area contributed by atoms with E-state index in [0.29, 0.717) is 43.4 Å². The summed E-state index contributed by atoms with van der Waals surface area (Å²) in [5.74, 6) is -1.33. The molecule has 1 saturated carbocycles. The fourth-order valence-electron chi connectivity index (χ4n) is 5.38. The standard InChI is InChI=1S/C27H30F2N4O/c28-21-13-19(14-22(29)16-21)15-24-17-30-11-12-32(24)27(34)25-26(20-7-3-1-4-8-20)33(18-31-25)23-9-5-2-6-10-23/h1,3-4,7-8,13-14,16,18,23-24,30H,2,5-6,9-12,15,17H2/t24-/m1/s1. The monoisotopic (exact) mass is 464 g/mol. The summed E-state index contributed by atoms with van der Waals surface area (Å²) in [6.07, 6.45) is 7.99. The van der Waals surface area contributed by atoms with E-state index in [1.54, 1.807) is 0 Å². The summed E-state index contributed by atoms with van der Waals surface area (Å²) in [6.45, 7) is 1.75. The summed E-state index contributed by atoms with van der Waals surface area (Å²) in [6, 6.07) is 13.7. The Labute approximate surface area is 198 Å². The van der Waals surface area contributed by atoms with Crippen LogP contribution in [0.25, 0.3) is 11.3 Å². The van der Waals surface area contributed by atoms with Crippen molar-refractivity contribution < 1.29 is 13.6 Å². The Morgan fingerprint density at radius 1 is 1.03 bits per heavy atom. The molecule has 5 rings (SSSR count). The number of nitrogens with zero attached hydrogens (tertiary/aromatic N) is 3. The minimum absolute atomic E-state index is 0.128. The van der Waals surface area contributed by atoms with Crippen LogP contribution in [0.2, 0.25) is 0 Å². The quantitative estimate of drug-likeness (QED) is 0.579. The van der Waals surface area contributed by atoms with Gasteiger partial charge in [0.1, 0.15) is 11.6 Å². The van der Waals surface area contributed by atoms with Crippen LogP contribution in [0.3, 0.4) is 0 Å². The van der Waals surface area contributed by atoms with Gasteiger partial charge in [-0.15, -0.1) is 0 Å². The lowest BCUT2D eigenvalue weighted by molar-refractivity contribution is 0.0631. The van der Waals surface area contributed by atoms with Gasteiger partial charge >= 0.3 is 0 Å². The summed E-state index contributed by atoms with van der Waals surface area (Å²) in [7, 11) is 0. The van der Waals surface area contributed by atoms with E-state index >= 15 is 0 Å². The van der Waals surface area contributed by atoms with Crippen molar-refractivity contribution in [3.8, 4) is 11.3 Å². The number of amides is 1. The summed E-state index contributed by atoms with van der Waals surface area (Å²) >= 11 is 0. The van der Waals surface area contributed by atoms with Crippen molar-refractivity contribution in [3.63, 3.8) is 0 Å². The Kier molecular flexibility index (Phi) is 6.72. The molecular weight excluding hydrogens is 434 g/mol. The smallest absolute Gasteiger partial charge is 0.275 e. The molecule has 2 aliphatic rings. The third-order valence-electron chi connectivity index (χ3n) is 7.02. The van der Waals surface area contributed by atoms with Crippen LogP contribution in [0.15, 0.2) is 54.9 Å². The zero-order valence-corrected chi connectivity index (χ0v) is 19.2. The molecule has 1 atom stereocenters. The van der Waals surface area contributed by atoms with Crippen LogP contribution in [-0.4, -0.2) is 46.0 Å². The maximum absolute atomic E-state index is 13.9. The van der Waals surface area contributed by atoms with Crippen molar-refractivity contribution >= 4 is 5.91 Å². The molecule has 2 aromatic carbocycles. The van der Waals surface area contributed by atoms with Crippen molar-refractivity contribution in [3.05, 3.63) is 77.8 Å². The number of imidazole rings is 1. The predicted molar refractivity (Wildman–Crippen MR) is 128 cm³/mol. The summed E-state index contributed by atoms with van der Waals surface area (Å²) in [5, 5.41) is 3.32. The lowest BCUT2D eigenvalue weighted by Crippen LogP contribution is -2.54. The van der Waals surface area contributed by atoms with E-state index in [0.717, 1.165) is 30.2 Å². The second-order valence-electron chi connectivity index (χ2n) is 9.35. The molecule has 1 aromatic heterocycles. The van der Waals surface area contributed by atoms with Crippen LogP contribution in [-0.2, 0) is 6.42 Å². The molecule has 3 aromatic rings. The zero-order valence-electron chi connectivity index (χ0n) is 19.2. The number of aromatic nitrogens is 2. The molecule has 178 valence electrons. The van der Waals surface area contributed by atoms with E-state index in [-0.39, 0.29) is 11.9 Å². The molecule has 2 heterocycles. The Balaban J connectivity index is 1.48. The molecule has 1 aliphatic heterocycles. The predicted octanol–water partition coefficient (Wildman–Crippen LogP) is 4.99. The maximum Gasteiger partial charge on any atom is 0.275 e. The van der Waals surface area contributed by atoms with E-state index in [2.05, 4.69) is 14.9 Å². The van der Waals surface area contributed by atoms with Gasteiger partial charge in [-0.3, -0.25) is 4.79 Å². The molecule has 0 bridgehead atoms. The second-order valence-corrected chi connectivity index (χ2v) is 9.35. The summed E-state index contributed by atoms with van der Waals surface area (Å²) < 4.78 is 29.7. The second kappa shape index (κ2) is 10.1. The minimum Gasteiger partial charge on any atom is -0.331 e. The third-order valence-corrected chi connectivity index (χ3v) is 7.02. The number of rotatable bonds is 5. The molecule has 7 heteroatoms. The van der Waals surface area contributed by atoms with Crippen molar-refractivity contribution in [2.45, 2.75) is 50.6 Å². The first kappa shape index (κ1) is 22.7. The Morgan fingerprint density at radius 3 is 2.50 bits per heavy atom. The minimum atomic E-state index is -0.603. The molecule has 1 aliphatic carbocycles. The summed E-state index contributed by atoms with van der Waals surface area (Å²) in [4.78, 5) is 20.4. The number of halogens is 2. The van der Waals surface area contributed by atoms with Crippen LogP contribution in [0.5, 0.6) is 0 Å². The zero-order chi connectivity index (χ0) is 23.5. The van der Waals surface area contributed by atoms with E-state index in [1.165, 1.54) is 31.4 Å². The average molecular weight is 465 g/mol. The number of hydrogen-bond acceptors (Lipinski definition) is 3. The molecule has 5 nitrogen and oxygen atoms in total. The van der Waals surface area contributed by atoms with Crippen LogP contribution in [0.4, 0.5) is 8.78 Å². The molecule has 1 saturated heterocycles. The van der Waals surface area contributed by atoms with Gasteiger partial charge in [0.25, 0.3) is 5.91 Å². The number of carbonyl (C=O) groups is 1. The van der Waals surface area contributed by atoms with Crippen LogP contribution in [0, 0.1) is 11.6 Å². The summed E-state index contributed by atoms with van der Waals surface area (Å²) in [5.41, 5.74) is 2.84. The fourth-order valence-corrected chi connectivity index (χ4v) is 5.38. The molecule has 34 heavy (non-hydrogen) atoms. The Hall–Kier alpha value is -3.06. The molecule has 1 N–H and O–H groups in total. The average Bonchev–Trinajstić information content (AvgIpc) is 3.30. The maximum atomic E-state index is 13.9. The molecule has 0 unspecified atom stereocenters. The fraction of sp³-hybridized carbons (Fsp3) is 0.407. The number of nitrogens with one attached hydrogen (secondary N) is 1. The van der Waals surface area contributed by atoms with E-state index in [9.17, 15) is 13.6 Å². The van der Waals surface area contributed by atoms with Crippen molar-refractivity contribution in [1.29, 1.82) is 0 Å². The van der Waals surface area contributed by atoms with Crippen LogP contribution in [0.1, 0.15) is 54.2 Å². The first-order chi connectivity index (χ1) is 16.6. The Morgan fingerprint density at radius 2 is 1.76 bits per heavy atom. The van der Waals surface area contributed by atoms with Gasteiger partial charge in [-0.05, 0) is 37.0 Å². The highest BCUT2D eigenvalue weighted by Gasteiger charge is 2.32. The van der Waals surface area contributed by atoms with Gasteiger partial charge in [-0.2, -0.15) is 0 Å². The topological polar surface area (TPSA) is 50.2 Å². The van der Waals surface area contributed by atoms with E-state index in [4.69, 9.17) is 0 Å². The molecule has 1 amide bonds. The largest absolute Gasteiger partial charge is 0.331 e. The lowest BCUT2D eigenvalue weighted by atomic mass is 9.94. The van der Waals surface area contributed by atoms with Gasteiger partial charge < -0.3 is 14.8 Å². The number of carbonyl (C=O) groups excluding carboxylic acids is 1.